The number of carboxylic acid groups (broad SMARTS) is 1. The number of rotatable bonds is 6. The predicted octanol–water partition coefficient (Wildman–Crippen LogP) is 3.36. The quantitative estimate of drug-likeness (QED) is 0.703. The molecule has 1 aromatic carbocycles. The molecule has 0 aliphatic carbocycles. The lowest BCUT2D eigenvalue weighted by Crippen LogP contribution is -2.29. The summed E-state index contributed by atoms with van der Waals surface area (Å²) in [6, 6.07) is 7.49. The number of carbonyl (C=O) groups excluding carboxylic acids is 1. The van der Waals surface area contributed by atoms with Crippen molar-refractivity contribution in [3.8, 4) is 0 Å². The van der Waals surface area contributed by atoms with Crippen LogP contribution in [0, 0.1) is 0 Å². The standard InChI is InChI=1S/C16H24N2O3/c1-16(2,3)12-7-9-13(10-8-12)18-15(21)17-11-5-4-6-14(19)20/h7-10H,4-6,11H2,1-3H3,(H,19,20)(H2,17,18,21). The number of carbonyl (C=O) groups is 2. The molecular formula is C16H24N2O3. The second-order valence-electron chi connectivity index (χ2n) is 6.06. The average Bonchev–Trinajstić information content (AvgIpc) is 2.37. The van der Waals surface area contributed by atoms with Crippen molar-refractivity contribution in [2.75, 3.05) is 11.9 Å². The Labute approximate surface area is 125 Å². The van der Waals surface area contributed by atoms with Gasteiger partial charge in [0.05, 0.1) is 0 Å². The number of amides is 2. The molecule has 3 N–H and O–H groups in total. The Morgan fingerprint density at radius 2 is 1.71 bits per heavy atom. The molecule has 0 heterocycles. The second kappa shape index (κ2) is 7.67. The summed E-state index contributed by atoms with van der Waals surface area (Å²) in [6.45, 7) is 6.89. The lowest BCUT2D eigenvalue weighted by atomic mass is 9.87. The lowest BCUT2D eigenvalue weighted by molar-refractivity contribution is -0.137. The van der Waals surface area contributed by atoms with Crippen molar-refractivity contribution < 1.29 is 14.7 Å². The van der Waals surface area contributed by atoms with Gasteiger partial charge in [-0.1, -0.05) is 32.9 Å². The Kier molecular flexibility index (Phi) is 6.21. The summed E-state index contributed by atoms with van der Waals surface area (Å²) >= 11 is 0. The number of urea groups is 1. The fourth-order valence-corrected chi connectivity index (χ4v) is 1.83. The van der Waals surface area contributed by atoms with Crippen molar-refractivity contribution in [3.63, 3.8) is 0 Å². The van der Waals surface area contributed by atoms with Crippen LogP contribution in [0.2, 0.25) is 0 Å². The molecule has 0 saturated heterocycles. The molecule has 0 atom stereocenters. The number of unbranched alkanes of at least 4 members (excludes halogenated alkanes) is 1. The zero-order chi connectivity index (χ0) is 15.9. The maximum absolute atomic E-state index is 11.7. The van der Waals surface area contributed by atoms with E-state index in [4.69, 9.17) is 5.11 Å². The monoisotopic (exact) mass is 292 g/mol. The van der Waals surface area contributed by atoms with Gasteiger partial charge in [-0.05, 0) is 36.0 Å². The minimum Gasteiger partial charge on any atom is -0.481 e. The third kappa shape index (κ3) is 6.79. The van der Waals surface area contributed by atoms with Gasteiger partial charge in [0, 0.05) is 18.7 Å². The number of benzene rings is 1. The van der Waals surface area contributed by atoms with Crippen LogP contribution in [0.15, 0.2) is 24.3 Å². The number of carboxylic acids is 1. The van der Waals surface area contributed by atoms with Gasteiger partial charge < -0.3 is 15.7 Å². The highest BCUT2D eigenvalue weighted by Crippen LogP contribution is 2.23. The van der Waals surface area contributed by atoms with E-state index in [-0.39, 0.29) is 17.9 Å². The molecule has 1 aromatic rings. The van der Waals surface area contributed by atoms with Crippen LogP contribution in [0.4, 0.5) is 10.5 Å². The van der Waals surface area contributed by atoms with Crippen molar-refractivity contribution >= 4 is 17.7 Å². The van der Waals surface area contributed by atoms with Crippen LogP contribution in [0.5, 0.6) is 0 Å². The van der Waals surface area contributed by atoms with Gasteiger partial charge in [0.15, 0.2) is 0 Å². The summed E-state index contributed by atoms with van der Waals surface area (Å²) in [7, 11) is 0. The molecule has 0 saturated carbocycles. The van der Waals surface area contributed by atoms with Gasteiger partial charge >= 0.3 is 12.0 Å². The molecule has 21 heavy (non-hydrogen) atoms. The van der Waals surface area contributed by atoms with Crippen LogP contribution in [0.25, 0.3) is 0 Å². The Hall–Kier alpha value is -2.04. The van der Waals surface area contributed by atoms with Crippen LogP contribution in [-0.4, -0.2) is 23.7 Å². The first-order valence-electron chi connectivity index (χ1n) is 7.16. The molecular weight excluding hydrogens is 268 g/mol. The summed E-state index contributed by atoms with van der Waals surface area (Å²) in [5, 5.41) is 14.0. The highest BCUT2D eigenvalue weighted by atomic mass is 16.4. The molecule has 1 rings (SSSR count). The van der Waals surface area contributed by atoms with E-state index in [9.17, 15) is 9.59 Å². The van der Waals surface area contributed by atoms with Crippen LogP contribution >= 0.6 is 0 Å². The lowest BCUT2D eigenvalue weighted by Gasteiger charge is -2.19. The molecule has 0 aromatic heterocycles. The van der Waals surface area contributed by atoms with Crippen LogP contribution in [0.1, 0.15) is 45.6 Å². The summed E-state index contributed by atoms with van der Waals surface area (Å²) < 4.78 is 0. The van der Waals surface area contributed by atoms with Gasteiger partial charge in [0.2, 0.25) is 0 Å². The number of aliphatic carboxylic acids is 1. The highest BCUT2D eigenvalue weighted by molar-refractivity contribution is 5.89. The van der Waals surface area contributed by atoms with Crippen LogP contribution < -0.4 is 10.6 Å². The molecule has 116 valence electrons. The summed E-state index contributed by atoms with van der Waals surface area (Å²) in [4.78, 5) is 22.0. The molecule has 5 nitrogen and oxygen atoms in total. The van der Waals surface area contributed by atoms with Gasteiger partial charge in [-0.25, -0.2) is 4.79 Å². The highest BCUT2D eigenvalue weighted by Gasteiger charge is 2.13. The molecule has 0 aliphatic rings. The third-order valence-electron chi connectivity index (χ3n) is 3.11. The van der Waals surface area contributed by atoms with Gasteiger partial charge in [0.25, 0.3) is 0 Å². The molecule has 0 aliphatic heterocycles. The number of hydrogen-bond donors (Lipinski definition) is 3. The van der Waals surface area contributed by atoms with E-state index in [1.165, 1.54) is 5.56 Å². The molecule has 0 radical (unpaired) electrons. The van der Waals surface area contributed by atoms with Crippen molar-refractivity contribution in [2.24, 2.45) is 0 Å². The minimum atomic E-state index is -0.807. The van der Waals surface area contributed by atoms with E-state index in [2.05, 4.69) is 31.4 Å². The molecule has 2 amide bonds. The first kappa shape index (κ1) is 17.0. The molecule has 5 heteroatoms. The molecule has 0 fully saturated rings. The predicted molar refractivity (Wildman–Crippen MR) is 83.7 cm³/mol. The summed E-state index contributed by atoms with van der Waals surface area (Å²) in [5.74, 6) is -0.807. The van der Waals surface area contributed by atoms with Gasteiger partial charge in [-0.15, -0.1) is 0 Å². The largest absolute Gasteiger partial charge is 0.481 e. The minimum absolute atomic E-state index is 0.0882. The van der Waals surface area contributed by atoms with E-state index in [1.54, 1.807) is 0 Å². The van der Waals surface area contributed by atoms with Gasteiger partial charge in [-0.3, -0.25) is 4.79 Å². The fraction of sp³-hybridized carbons (Fsp3) is 0.500. The van der Waals surface area contributed by atoms with Crippen molar-refractivity contribution in [1.29, 1.82) is 0 Å². The molecule has 0 spiro atoms. The Bertz CT molecular complexity index is 475. The third-order valence-corrected chi connectivity index (χ3v) is 3.11. The fourth-order valence-electron chi connectivity index (χ4n) is 1.83. The van der Waals surface area contributed by atoms with Crippen molar-refractivity contribution in [3.05, 3.63) is 29.8 Å². The topological polar surface area (TPSA) is 78.4 Å². The van der Waals surface area contributed by atoms with Gasteiger partial charge in [-0.2, -0.15) is 0 Å². The average molecular weight is 292 g/mol. The first-order chi connectivity index (χ1) is 9.79. The normalized spacial score (nSPS) is 11.0. The smallest absolute Gasteiger partial charge is 0.319 e. The summed E-state index contributed by atoms with van der Waals surface area (Å²) in [6.07, 6.45) is 1.36. The van der Waals surface area contributed by atoms with Gasteiger partial charge in [0.1, 0.15) is 0 Å². The van der Waals surface area contributed by atoms with E-state index < -0.39 is 5.97 Å². The molecule has 0 unspecified atom stereocenters. The van der Waals surface area contributed by atoms with E-state index in [1.807, 2.05) is 24.3 Å². The first-order valence-corrected chi connectivity index (χ1v) is 7.16. The van der Waals surface area contributed by atoms with Crippen LogP contribution in [0.3, 0.4) is 0 Å². The Morgan fingerprint density at radius 3 is 2.24 bits per heavy atom. The SMILES string of the molecule is CC(C)(C)c1ccc(NC(=O)NCCCCC(=O)O)cc1. The Balaban J connectivity index is 2.33. The zero-order valence-corrected chi connectivity index (χ0v) is 12.9. The summed E-state index contributed by atoms with van der Waals surface area (Å²) in [5.41, 5.74) is 2.04. The number of nitrogens with one attached hydrogen (secondary N) is 2. The maximum Gasteiger partial charge on any atom is 0.319 e. The van der Waals surface area contributed by atoms with Crippen molar-refractivity contribution in [1.82, 2.24) is 5.32 Å². The Morgan fingerprint density at radius 1 is 1.10 bits per heavy atom. The molecule has 0 bridgehead atoms. The van der Waals surface area contributed by atoms with E-state index in [0.29, 0.717) is 19.4 Å². The number of hydrogen-bond acceptors (Lipinski definition) is 2. The van der Waals surface area contributed by atoms with E-state index >= 15 is 0 Å². The number of anilines is 1. The second-order valence-corrected chi connectivity index (χ2v) is 6.06. The van der Waals surface area contributed by atoms with E-state index in [0.717, 1.165) is 5.69 Å². The zero-order valence-electron chi connectivity index (χ0n) is 12.9. The van der Waals surface area contributed by atoms with Crippen molar-refractivity contribution in [2.45, 2.75) is 45.4 Å². The van der Waals surface area contributed by atoms with Crippen LogP contribution in [-0.2, 0) is 10.2 Å². The maximum atomic E-state index is 11.7.